The van der Waals surface area contributed by atoms with Gasteiger partial charge >= 0.3 is 0 Å². The third-order valence-corrected chi connectivity index (χ3v) is 4.54. The summed E-state index contributed by atoms with van der Waals surface area (Å²) in [7, 11) is 0. The van der Waals surface area contributed by atoms with Crippen LogP contribution in [-0.2, 0) is 4.74 Å². The summed E-state index contributed by atoms with van der Waals surface area (Å²) in [4.78, 5) is 12.1. The van der Waals surface area contributed by atoms with Crippen LogP contribution < -0.4 is 10.1 Å². The fourth-order valence-electron chi connectivity index (χ4n) is 3.12. The number of imidazole rings is 1. The van der Waals surface area contributed by atoms with Gasteiger partial charge in [0.15, 0.2) is 10.4 Å². The number of aromatic nitrogens is 4. The average Bonchev–Trinajstić information content (AvgIpc) is 3.08. The summed E-state index contributed by atoms with van der Waals surface area (Å²) in [5.41, 5.74) is 2.38. The van der Waals surface area contributed by atoms with E-state index in [4.69, 9.17) is 21.7 Å². The zero-order chi connectivity index (χ0) is 17.9. The number of nitrogens with one attached hydrogen (secondary N) is 2. The van der Waals surface area contributed by atoms with Crippen molar-refractivity contribution in [3.63, 3.8) is 0 Å². The highest BCUT2D eigenvalue weighted by molar-refractivity contribution is 7.71. The van der Waals surface area contributed by atoms with E-state index in [0.717, 1.165) is 54.3 Å². The van der Waals surface area contributed by atoms with Crippen molar-refractivity contribution in [1.82, 2.24) is 19.5 Å². The van der Waals surface area contributed by atoms with Gasteiger partial charge in [-0.15, -0.1) is 0 Å². The number of fused-ring (bicyclic) bond motifs is 1. The van der Waals surface area contributed by atoms with Gasteiger partial charge in [0.25, 0.3) is 0 Å². The van der Waals surface area contributed by atoms with E-state index >= 15 is 0 Å². The first-order valence-electron chi connectivity index (χ1n) is 8.83. The molecule has 8 heteroatoms. The van der Waals surface area contributed by atoms with E-state index in [1.54, 1.807) is 6.33 Å². The van der Waals surface area contributed by atoms with Crippen LogP contribution in [0.2, 0.25) is 0 Å². The lowest BCUT2D eigenvalue weighted by atomic mass is 10.2. The molecule has 2 aromatic heterocycles. The Hall–Kier alpha value is -2.45. The maximum absolute atomic E-state index is 5.87. The van der Waals surface area contributed by atoms with Crippen molar-refractivity contribution in [3.8, 4) is 5.75 Å². The summed E-state index contributed by atoms with van der Waals surface area (Å²) in [5, 5.41) is 3.34. The molecule has 1 aliphatic heterocycles. The summed E-state index contributed by atoms with van der Waals surface area (Å²) in [5.74, 6) is 1.56. The monoisotopic (exact) mass is 371 g/mol. The molecule has 0 aliphatic carbocycles. The molecule has 2 N–H and O–H groups in total. The minimum absolute atomic E-state index is 0.0311. The molecule has 3 heterocycles. The molecule has 0 amide bonds. The molecular weight excluding hydrogens is 350 g/mol. The smallest absolute Gasteiger partial charge is 0.200 e. The largest absolute Gasteiger partial charge is 0.494 e. The molecule has 3 aromatic rings. The van der Waals surface area contributed by atoms with Crippen LogP contribution in [0.25, 0.3) is 11.2 Å². The molecule has 7 nitrogen and oxygen atoms in total. The van der Waals surface area contributed by atoms with E-state index in [0.29, 0.717) is 11.4 Å². The molecule has 1 aromatic carbocycles. The Labute approximate surface area is 156 Å². The predicted octanol–water partition coefficient (Wildman–Crippen LogP) is 4.33. The van der Waals surface area contributed by atoms with Gasteiger partial charge in [-0.1, -0.05) is 0 Å². The van der Waals surface area contributed by atoms with Gasteiger partial charge in [0.1, 0.15) is 23.3 Å². The van der Waals surface area contributed by atoms with Crippen molar-refractivity contribution in [3.05, 3.63) is 35.4 Å². The molecule has 1 unspecified atom stereocenters. The van der Waals surface area contributed by atoms with Gasteiger partial charge in [0.05, 0.1) is 12.9 Å². The molecule has 0 spiro atoms. The van der Waals surface area contributed by atoms with E-state index in [9.17, 15) is 0 Å². The zero-order valence-electron chi connectivity index (χ0n) is 14.6. The van der Waals surface area contributed by atoms with E-state index in [2.05, 4.69) is 20.3 Å². The van der Waals surface area contributed by atoms with Gasteiger partial charge < -0.3 is 19.8 Å². The topological polar surface area (TPSA) is 77.0 Å². The van der Waals surface area contributed by atoms with Gasteiger partial charge in [-0.05, 0) is 62.7 Å². The second-order valence-electron chi connectivity index (χ2n) is 6.14. The highest BCUT2D eigenvalue weighted by atomic mass is 32.1. The summed E-state index contributed by atoms with van der Waals surface area (Å²) in [6.45, 7) is 3.37. The Balaban J connectivity index is 1.66. The minimum Gasteiger partial charge on any atom is -0.494 e. The number of rotatable bonds is 5. The van der Waals surface area contributed by atoms with Gasteiger partial charge in [0, 0.05) is 12.3 Å². The highest BCUT2D eigenvalue weighted by Crippen LogP contribution is 2.29. The number of hydrogen-bond donors (Lipinski definition) is 2. The predicted molar refractivity (Wildman–Crippen MR) is 102 cm³/mol. The Bertz CT molecular complexity index is 944. The van der Waals surface area contributed by atoms with Crippen LogP contribution >= 0.6 is 12.2 Å². The Morgan fingerprint density at radius 2 is 2.19 bits per heavy atom. The maximum Gasteiger partial charge on any atom is 0.200 e. The normalized spacial score (nSPS) is 17.3. The van der Waals surface area contributed by atoms with Crippen LogP contribution in [0.15, 0.2) is 30.6 Å². The van der Waals surface area contributed by atoms with Crippen LogP contribution in [0, 0.1) is 4.77 Å². The number of benzene rings is 1. The molecule has 0 radical (unpaired) electrons. The Kier molecular flexibility index (Phi) is 4.85. The first-order chi connectivity index (χ1) is 12.7. The van der Waals surface area contributed by atoms with Crippen LogP contribution in [0.1, 0.15) is 32.4 Å². The molecule has 0 bridgehead atoms. The standard InChI is InChI=1S/C18H21N5O2S/c1-2-24-13-8-6-12(7-9-13)20-16-15-17(22-18(26)21-16)23(11-19-15)14-5-3-4-10-25-14/h6-9,11,14H,2-5,10H2,1H3,(H2,20,21,22,26). The summed E-state index contributed by atoms with van der Waals surface area (Å²) in [6, 6.07) is 7.76. The summed E-state index contributed by atoms with van der Waals surface area (Å²) in [6.07, 6.45) is 4.94. The maximum atomic E-state index is 5.87. The van der Waals surface area contributed by atoms with Crippen molar-refractivity contribution < 1.29 is 9.47 Å². The zero-order valence-corrected chi connectivity index (χ0v) is 15.4. The summed E-state index contributed by atoms with van der Waals surface area (Å²) >= 11 is 5.32. The quantitative estimate of drug-likeness (QED) is 0.650. The van der Waals surface area contributed by atoms with Gasteiger partial charge in [-0.25, -0.2) is 4.98 Å². The van der Waals surface area contributed by atoms with E-state index in [1.807, 2.05) is 35.8 Å². The highest BCUT2D eigenvalue weighted by Gasteiger charge is 2.20. The molecule has 4 rings (SSSR count). The third-order valence-electron chi connectivity index (χ3n) is 4.34. The van der Waals surface area contributed by atoms with E-state index < -0.39 is 0 Å². The first-order valence-corrected chi connectivity index (χ1v) is 9.24. The second kappa shape index (κ2) is 7.43. The molecular formula is C18H21N5O2S. The number of nitrogens with zero attached hydrogens (tertiary/aromatic N) is 3. The van der Waals surface area contributed by atoms with Crippen molar-refractivity contribution in [2.75, 3.05) is 18.5 Å². The average molecular weight is 371 g/mol. The molecule has 26 heavy (non-hydrogen) atoms. The fourth-order valence-corrected chi connectivity index (χ4v) is 3.31. The van der Waals surface area contributed by atoms with Crippen LogP contribution in [0.4, 0.5) is 11.5 Å². The van der Waals surface area contributed by atoms with Crippen molar-refractivity contribution in [1.29, 1.82) is 0 Å². The van der Waals surface area contributed by atoms with Gasteiger partial charge in [-0.2, -0.15) is 4.98 Å². The minimum atomic E-state index is -0.0311. The SMILES string of the molecule is CCOc1ccc(Nc2[nH]c(=S)nc3c2ncn3C2CCCCO2)cc1. The second-order valence-corrected chi connectivity index (χ2v) is 6.53. The van der Waals surface area contributed by atoms with Crippen molar-refractivity contribution >= 4 is 34.9 Å². The van der Waals surface area contributed by atoms with E-state index in [-0.39, 0.29) is 6.23 Å². The van der Waals surface area contributed by atoms with Crippen LogP contribution in [-0.4, -0.2) is 32.7 Å². The molecule has 0 saturated carbocycles. The lowest BCUT2D eigenvalue weighted by Gasteiger charge is -2.23. The van der Waals surface area contributed by atoms with Crippen molar-refractivity contribution in [2.24, 2.45) is 0 Å². The molecule has 1 atom stereocenters. The summed E-state index contributed by atoms with van der Waals surface area (Å²) < 4.78 is 13.7. The molecule has 136 valence electrons. The first kappa shape index (κ1) is 17.0. The van der Waals surface area contributed by atoms with E-state index in [1.165, 1.54) is 0 Å². The molecule has 1 saturated heterocycles. The number of anilines is 2. The Morgan fingerprint density at radius 3 is 2.92 bits per heavy atom. The van der Waals surface area contributed by atoms with Crippen LogP contribution in [0.5, 0.6) is 5.75 Å². The Morgan fingerprint density at radius 1 is 1.35 bits per heavy atom. The number of aromatic amines is 1. The third kappa shape index (κ3) is 3.42. The number of ether oxygens (including phenoxy) is 2. The molecule has 1 aliphatic rings. The molecule has 1 fully saturated rings. The van der Waals surface area contributed by atoms with Gasteiger partial charge in [-0.3, -0.25) is 4.57 Å². The fraction of sp³-hybridized carbons (Fsp3) is 0.389. The van der Waals surface area contributed by atoms with Gasteiger partial charge in [0.2, 0.25) is 0 Å². The lowest BCUT2D eigenvalue weighted by molar-refractivity contribution is -0.0298. The number of hydrogen-bond acceptors (Lipinski definition) is 6. The number of H-pyrrole nitrogens is 1. The lowest BCUT2D eigenvalue weighted by Crippen LogP contribution is -2.17. The van der Waals surface area contributed by atoms with Crippen LogP contribution in [0.3, 0.4) is 0 Å². The van der Waals surface area contributed by atoms with Crippen molar-refractivity contribution in [2.45, 2.75) is 32.4 Å².